The third-order valence-corrected chi connectivity index (χ3v) is 3.64. The summed E-state index contributed by atoms with van der Waals surface area (Å²) in [6, 6.07) is 13.5. The molecule has 0 fully saturated rings. The highest BCUT2D eigenvalue weighted by atomic mass is 35.5. The van der Waals surface area contributed by atoms with E-state index in [1.54, 1.807) is 7.11 Å². The molecule has 0 heterocycles. The molecule has 0 saturated carbocycles. The van der Waals surface area contributed by atoms with Crippen LogP contribution in [0, 0.1) is 6.92 Å². The fraction of sp³-hybridized carbons (Fsp3) is 0.333. The Morgan fingerprint density at radius 3 is 2.52 bits per heavy atom. The average molecular weight is 336 g/mol. The van der Waals surface area contributed by atoms with Crippen molar-refractivity contribution in [1.82, 2.24) is 0 Å². The van der Waals surface area contributed by atoms with E-state index < -0.39 is 0 Å². The number of methoxy groups -OCH3 is 1. The summed E-state index contributed by atoms with van der Waals surface area (Å²) in [5, 5.41) is 4.06. The summed E-state index contributed by atoms with van der Waals surface area (Å²) in [5.41, 5.74) is 2.01. The Labute approximate surface area is 142 Å². The van der Waals surface area contributed by atoms with E-state index in [2.05, 4.69) is 5.32 Å². The summed E-state index contributed by atoms with van der Waals surface area (Å²) in [7, 11) is 1.66. The normalized spacial score (nSPS) is 10.4. The van der Waals surface area contributed by atoms with Gasteiger partial charge in [-0.25, -0.2) is 0 Å². The van der Waals surface area contributed by atoms with Crippen LogP contribution in [0.25, 0.3) is 0 Å². The molecule has 0 saturated heterocycles. The maximum absolute atomic E-state index is 5.99. The van der Waals surface area contributed by atoms with Crippen molar-refractivity contribution in [2.24, 2.45) is 0 Å². The van der Waals surface area contributed by atoms with Crippen LogP contribution in [0.4, 0.5) is 5.69 Å². The molecule has 124 valence electrons. The molecule has 2 rings (SSSR count). The van der Waals surface area contributed by atoms with Crippen LogP contribution >= 0.6 is 11.6 Å². The lowest BCUT2D eigenvalue weighted by atomic mass is 10.2. The summed E-state index contributed by atoms with van der Waals surface area (Å²) < 4.78 is 16.2. The molecule has 0 aliphatic rings. The standard InChI is InChI=1S/C18H22ClNO3/c1-14-12-17(6-7-18(14)19)22-9-8-20-15-4-3-5-16(13-15)23-11-10-21-2/h3-7,12-13,20H,8-11H2,1-2H3. The topological polar surface area (TPSA) is 39.7 Å². The second-order valence-electron chi connectivity index (χ2n) is 5.06. The lowest BCUT2D eigenvalue weighted by molar-refractivity contribution is 0.146. The maximum Gasteiger partial charge on any atom is 0.121 e. The highest BCUT2D eigenvalue weighted by Crippen LogP contribution is 2.21. The van der Waals surface area contributed by atoms with Gasteiger partial charge in [-0.1, -0.05) is 17.7 Å². The number of nitrogens with one attached hydrogen (secondary N) is 1. The first-order valence-corrected chi connectivity index (χ1v) is 7.91. The van der Waals surface area contributed by atoms with Crippen molar-refractivity contribution in [3.05, 3.63) is 53.1 Å². The van der Waals surface area contributed by atoms with Gasteiger partial charge in [0, 0.05) is 30.4 Å². The molecular weight excluding hydrogens is 314 g/mol. The third-order valence-electron chi connectivity index (χ3n) is 3.22. The van der Waals surface area contributed by atoms with E-state index in [0.717, 1.165) is 27.8 Å². The van der Waals surface area contributed by atoms with Crippen molar-refractivity contribution < 1.29 is 14.2 Å². The van der Waals surface area contributed by atoms with E-state index in [4.69, 9.17) is 25.8 Å². The van der Waals surface area contributed by atoms with Crippen LogP contribution in [0.15, 0.2) is 42.5 Å². The zero-order valence-corrected chi connectivity index (χ0v) is 14.2. The van der Waals surface area contributed by atoms with Gasteiger partial charge in [0.15, 0.2) is 0 Å². The van der Waals surface area contributed by atoms with Crippen molar-refractivity contribution in [3.63, 3.8) is 0 Å². The minimum atomic E-state index is 0.541. The lowest BCUT2D eigenvalue weighted by Crippen LogP contribution is -2.11. The van der Waals surface area contributed by atoms with E-state index in [9.17, 15) is 0 Å². The van der Waals surface area contributed by atoms with Crippen molar-refractivity contribution in [1.29, 1.82) is 0 Å². The Kier molecular flexibility index (Phi) is 7.04. The first-order chi connectivity index (χ1) is 11.2. The summed E-state index contributed by atoms with van der Waals surface area (Å²) >= 11 is 5.99. The van der Waals surface area contributed by atoms with Gasteiger partial charge in [-0.2, -0.15) is 0 Å². The summed E-state index contributed by atoms with van der Waals surface area (Å²) in [5.74, 6) is 1.65. The Morgan fingerprint density at radius 2 is 1.74 bits per heavy atom. The molecule has 4 nitrogen and oxygen atoms in total. The van der Waals surface area contributed by atoms with Crippen LogP contribution in [-0.2, 0) is 4.74 Å². The molecule has 5 heteroatoms. The lowest BCUT2D eigenvalue weighted by Gasteiger charge is -2.11. The van der Waals surface area contributed by atoms with Crippen molar-refractivity contribution in [3.8, 4) is 11.5 Å². The van der Waals surface area contributed by atoms with Crippen molar-refractivity contribution >= 4 is 17.3 Å². The molecule has 0 spiro atoms. The van der Waals surface area contributed by atoms with Gasteiger partial charge in [0.2, 0.25) is 0 Å². The molecule has 1 N–H and O–H groups in total. The number of rotatable bonds is 9. The Hall–Kier alpha value is -1.91. The van der Waals surface area contributed by atoms with Crippen LogP contribution < -0.4 is 14.8 Å². The minimum absolute atomic E-state index is 0.541. The number of aryl methyl sites for hydroxylation is 1. The molecule has 0 aromatic heterocycles. The second-order valence-corrected chi connectivity index (χ2v) is 5.46. The van der Waals surface area contributed by atoms with Crippen LogP contribution in [-0.4, -0.2) is 33.5 Å². The first-order valence-electron chi connectivity index (χ1n) is 7.53. The van der Waals surface area contributed by atoms with Crippen LogP contribution in [0.3, 0.4) is 0 Å². The van der Waals surface area contributed by atoms with E-state index in [0.29, 0.717) is 26.4 Å². The second kappa shape index (κ2) is 9.28. The van der Waals surface area contributed by atoms with Crippen molar-refractivity contribution in [2.45, 2.75) is 6.92 Å². The number of halogens is 1. The predicted octanol–water partition coefficient (Wildman–Crippen LogP) is 4.16. The van der Waals surface area contributed by atoms with Crippen LogP contribution in [0.1, 0.15) is 5.56 Å². The molecule has 0 unspecified atom stereocenters. The number of benzene rings is 2. The average Bonchev–Trinajstić information content (AvgIpc) is 2.55. The Morgan fingerprint density at radius 1 is 0.957 bits per heavy atom. The minimum Gasteiger partial charge on any atom is -0.492 e. The fourth-order valence-electron chi connectivity index (χ4n) is 2.01. The van der Waals surface area contributed by atoms with Crippen molar-refractivity contribution in [2.75, 3.05) is 38.8 Å². The summed E-state index contributed by atoms with van der Waals surface area (Å²) in [6.07, 6.45) is 0. The molecule has 0 aliphatic carbocycles. The summed E-state index contributed by atoms with van der Waals surface area (Å²) in [6.45, 7) is 4.34. The third kappa shape index (κ3) is 6.00. The number of hydrogen-bond donors (Lipinski definition) is 1. The maximum atomic E-state index is 5.99. The Balaban J connectivity index is 1.75. The zero-order chi connectivity index (χ0) is 16.5. The van der Waals surface area contributed by atoms with E-state index in [1.807, 2.05) is 49.4 Å². The molecule has 2 aromatic rings. The largest absolute Gasteiger partial charge is 0.492 e. The van der Waals surface area contributed by atoms with Gasteiger partial charge < -0.3 is 19.5 Å². The molecule has 2 aromatic carbocycles. The SMILES string of the molecule is COCCOc1cccc(NCCOc2ccc(Cl)c(C)c2)c1. The van der Waals surface area contributed by atoms with Crippen LogP contribution in [0.2, 0.25) is 5.02 Å². The number of ether oxygens (including phenoxy) is 3. The smallest absolute Gasteiger partial charge is 0.121 e. The zero-order valence-electron chi connectivity index (χ0n) is 13.5. The van der Waals surface area contributed by atoms with Gasteiger partial charge in [0.05, 0.1) is 6.61 Å². The predicted molar refractivity (Wildman–Crippen MR) is 94.0 cm³/mol. The van der Waals surface area contributed by atoms with Gasteiger partial charge in [0.1, 0.15) is 24.7 Å². The van der Waals surface area contributed by atoms with E-state index in [1.165, 1.54) is 0 Å². The highest BCUT2D eigenvalue weighted by Gasteiger charge is 2.00. The van der Waals surface area contributed by atoms with Gasteiger partial charge in [-0.05, 0) is 42.8 Å². The number of hydrogen-bond acceptors (Lipinski definition) is 4. The molecule has 0 radical (unpaired) electrons. The molecule has 23 heavy (non-hydrogen) atoms. The number of anilines is 1. The van der Waals surface area contributed by atoms with Gasteiger partial charge in [-0.3, -0.25) is 0 Å². The monoisotopic (exact) mass is 335 g/mol. The molecule has 0 aliphatic heterocycles. The molecular formula is C18H22ClNO3. The molecule has 0 bridgehead atoms. The summed E-state index contributed by atoms with van der Waals surface area (Å²) in [4.78, 5) is 0. The van der Waals surface area contributed by atoms with Gasteiger partial charge in [-0.15, -0.1) is 0 Å². The quantitative estimate of drug-likeness (QED) is 0.698. The van der Waals surface area contributed by atoms with E-state index in [-0.39, 0.29) is 0 Å². The fourth-order valence-corrected chi connectivity index (χ4v) is 2.13. The Bertz CT molecular complexity index is 619. The molecule has 0 atom stereocenters. The molecule has 0 amide bonds. The highest BCUT2D eigenvalue weighted by molar-refractivity contribution is 6.31. The van der Waals surface area contributed by atoms with E-state index >= 15 is 0 Å². The van der Waals surface area contributed by atoms with Gasteiger partial charge >= 0.3 is 0 Å². The first kappa shape index (κ1) is 17.4. The van der Waals surface area contributed by atoms with Gasteiger partial charge in [0.25, 0.3) is 0 Å². The van der Waals surface area contributed by atoms with Crippen LogP contribution in [0.5, 0.6) is 11.5 Å².